The molecule has 11 nitrogen and oxygen atoms in total. The van der Waals surface area contributed by atoms with Crippen LogP contribution in [-0.4, -0.2) is 40.8 Å². The lowest BCUT2D eigenvalue weighted by atomic mass is 10.0. The Hall–Kier alpha value is -5.03. The smallest absolute Gasteiger partial charge is 0.338 e. The summed E-state index contributed by atoms with van der Waals surface area (Å²) in [7, 11) is 1.88. The molecule has 0 fully saturated rings. The number of carbonyl (C=O) groups is 2. The molecule has 0 saturated carbocycles. The Morgan fingerprint density at radius 2 is 1.74 bits per heavy atom. The third-order valence-electron chi connectivity index (χ3n) is 6.27. The van der Waals surface area contributed by atoms with Gasteiger partial charge in [-0.3, -0.25) is 18.6 Å². The predicted octanol–water partition coefficient (Wildman–Crippen LogP) is 4.78. The van der Waals surface area contributed by atoms with E-state index in [1.807, 2.05) is 56.4 Å². The number of rotatable bonds is 2. The first kappa shape index (κ1) is 24.7. The molecule has 0 atom stereocenters. The van der Waals surface area contributed by atoms with Crippen LogP contribution < -0.4 is 10.2 Å². The zero-order valence-corrected chi connectivity index (χ0v) is 20.9. The van der Waals surface area contributed by atoms with Crippen molar-refractivity contribution in [1.82, 2.24) is 28.9 Å². The first-order valence-corrected chi connectivity index (χ1v) is 11.9. The van der Waals surface area contributed by atoms with Crippen molar-refractivity contribution in [3.63, 3.8) is 0 Å². The van der Waals surface area contributed by atoms with E-state index < -0.39 is 0 Å². The zero-order chi connectivity index (χ0) is 26.6. The molecular formula is C27H26N9O2-. The molecule has 1 aliphatic heterocycles. The lowest BCUT2D eigenvalue weighted by Crippen LogP contribution is -2.30. The number of aromatic nitrogens is 6. The maximum atomic E-state index is 13.3. The number of nitrogens with one attached hydrogen (secondary N) is 2. The lowest BCUT2D eigenvalue weighted by Gasteiger charge is -2.23. The summed E-state index contributed by atoms with van der Waals surface area (Å²) in [5.74, 6) is 0.837. The van der Waals surface area contributed by atoms with Crippen molar-refractivity contribution in [1.29, 1.82) is 0 Å². The van der Waals surface area contributed by atoms with Crippen LogP contribution in [0.5, 0.6) is 0 Å². The number of hydrogen-bond acceptors (Lipinski definition) is 6. The Bertz CT molecular complexity index is 1530. The third-order valence-corrected chi connectivity index (χ3v) is 6.27. The molecule has 192 valence electrons. The van der Waals surface area contributed by atoms with Gasteiger partial charge in [0.05, 0.1) is 24.1 Å². The van der Waals surface area contributed by atoms with Gasteiger partial charge >= 0.3 is 6.03 Å². The fourth-order valence-electron chi connectivity index (χ4n) is 4.20. The highest BCUT2D eigenvalue weighted by Crippen LogP contribution is 2.36. The zero-order valence-electron chi connectivity index (χ0n) is 20.9. The molecular weight excluding hydrogens is 482 g/mol. The molecule has 2 aromatic carbocycles. The quantitative estimate of drug-likeness (QED) is 0.366. The molecule has 5 aromatic rings. The Labute approximate surface area is 219 Å². The summed E-state index contributed by atoms with van der Waals surface area (Å²) in [5.41, 5.74) is 12.8. The Morgan fingerprint density at radius 1 is 1.03 bits per heavy atom. The van der Waals surface area contributed by atoms with Crippen LogP contribution in [-0.2, 0) is 20.1 Å². The maximum absolute atomic E-state index is 13.3. The number of imidazole rings is 2. The van der Waals surface area contributed by atoms with Crippen LogP contribution in [0, 0.1) is 6.92 Å². The maximum Gasteiger partial charge on any atom is 0.338 e. The van der Waals surface area contributed by atoms with Gasteiger partial charge in [0, 0.05) is 43.0 Å². The average molecular weight is 509 g/mol. The van der Waals surface area contributed by atoms with Crippen LogP contribution in [0.1, 0.15) is 27.0 Å². The molecule has 0 saturated heterocycles. The highest BCUT2D eigenvalue weighted by Gasteiger charge is 2.26. The number of hydrogen-bond donors (Lipinski definition) is 1. The van der Waals surface area contributed by atoms with E-state index in [1.54, 1.807) is 40.6 Å². The van der Waals surface area contributed by atoms with Crippen molar-refractivity contribution < 1.29 is 9.59 Å². The molecule has 4 heterocycles. The summed E-state index contributed by atoms with van der Waals surface area (Å²) in [4.78, 5) is 34.0. The largest absolute Gasteiger partial charge is 0.674 e. The minimum Gasteiger partial charge on any atom is -0.674 e. The standard InChI is InChI=1S/C20H20N5O.C7H6N4O/c1-13-9-14(7-8-15(13)10-21)20(26)25-12-16-11-22-24(2)19(16)23-17-5-3-4-6-18(17)25;12-7(10-3-1-8-5-10)11-4-2-9-6-11/h3-9,11,21,23H,10,12H2,1-2H3;1-6H/q-1;. The van der Waals surface area contributed by atoms with E-state index in [0.29, 0.717) is 12.1 Å². The number of amides is 1. The van der Waals surface area contributed by atoms with Gasteiger partial charge < -0.3 is 16.0 Å². The van der Waals surface area contributed by atoms with Crippen LogP contribution >= 0.6 is 0 Å². The molecule has 3 aromatic heterocycles. The summed E-state index contributed by atoms with van der Waals surface area (Å²) in [6, 6.07) is 13.2. The predicted molar refractivity (Wildman–Crippen MR) is 143 cm³/mol. The van der Waals surface area contributed by atoms with E-state index in [9.17, 15) is 9.59 Å². The van der Waals surface area contributed by atoms with Crippen molar-refractivity contribution in [3.8, 4) is 0 Å². The van der Waals surface area contributed by atoms with Crippen LogP contribution in [0.3, 0.4) is 0 Å². The van der Waals surface area contributed by atoms with Crippen molar-refractivity contribution in [2.24, 2.45) is 7.05 Å². The van der Waals surface area contributed by atoms with E-state index in [4.69, 9.17) is 5.73 Å². The molecule has 2 N–H and O–H groups in total. The van der Waals surface area contributed by atoms with Crippen LogP contribution in [0.2, 0.25) is 0 Å². The number of para-hydroxylation sites is 2. The summed E-state index contributed by atoms with van der Waals surface area (Å²) in [6.07, 6.45) is 11.0. The van der Waals surface area contributed by atoms with E-state index in [1.165, 1.54) is 21.8 Å². The minimum atomic E-state index is -0.190. The van der Waals surface area contributed by atoms with E-state index in [2.05, 4.69) is 20.4 Å². The third kappa shape index (κ3) is 4.82. The second-order valence-electron chi connectivity index (χ2n) is 8.72. The van der Waals surface area contributed by atoms with E-state index in [-0.39, 0.29) is 18.5 Å². The Morgan fingerprint density at radius 3 is 2.37 bits per heavy atom. The molecule has 11 heteroatoms. The second kappa shape index (κ2) is 10.5. The van der Waals surface area contributed by atoms with Crippen LogP contribution in [0.25, 0.3) is 5.73 Å². The van der Waals surface area contributed by atoms with Gasteiger partial charge in [-0.2, -0.15) is 5.10 Å². The minimum absolute atomic E-state index is 0.0596. The molecule has 1 amide bonds. The molecule has 0 bridgehead atoms. The van der Waals surface area contributed by atoms with E-state index >= 15 is 0 Å². The molecule has 0 aliphatic carbocycles. The lowest BCUT2D eigenvalue weighted by molar-refractivity contribution is 0.0985. The molecule has 0 unspecified atom stereocenters. The normalized spacial score (nSPS) is 11.9. The molecule has 1 aliphatic rings. The molecule has 38 heavy (non-hydrogen) atoms. The number of fused-ring (bicyclic) bond motifs is 2. The SMILES string of the molecule is Cc1cc(C(=O)N2Cc3cnn(C)c3Nc3ccccc32)ccc1C[NH-].O=C(n1ccnc1)n1ccnc1. The van der Waals surface area contributed by atoms with Gasteiger partial charge in [-0.15, -0.1) is 6.54 Å². The number of benzene rings is 2. The fraction of sp³-hybridized carbons (Fsp3) is 0.148. The van der Waals surface area contributed by atoms with Crippen molar-refractivity contribution in [3.05, 3.63) is 114 Å². The topological polar surface area (TPSA) is 127 Å². The molecule has 6 rings (SSSR count). The number of aryl methyl sites for hydroxylation is 2. The first-order chi connectivity index (χ1) is 18.5. The number of carbonyl (C=O) groups excluding carboxylic acids is 2. The van der Waals surface area contributed by atoms with E-state index in [0.717, 1.165) is 33.9 Å². The Kier molecular flexibility index (Phi) is 6.83. The summed E-state index contributed by atoms with van der Waals surface area (Å²) >= 11 is 0. The summed E-state index contributed by atoms with van der Waals surface area (Å²) in [5, 5.41) is 7.71. The first-order valence-electron chi connectivity index (χ1n) is 11.9. The van der Waals surface area contributed by atoms with Gasteiger partial charge in [-0.25, -0.2) is 14.8 Å². The Balaban J connectivity index is 0.000000204. The van der Waals surface area contributed by atoms with Gasteiger partial charge in [0.25, 0.3) is 5.91 Å². The highest BCUT2D eigenvalue weighted by atomic mass is 16.2. The van der Waals surface area contributed by atoms with Crippen molar-refractivity contribution >= 4 is 29.1 Å². The monoisotopic (exact) mass is 508 g/mol. The number of nitrogens with zero attached hydrogens (tertiary/aromatic N) is 7. The second-order valence-corrected chi connectivity index (χ2v) is 8.72. The molecule has 0 spiro atoms. The average Bonchev–Trinajstić information content (AvgIpc) is 3.70. The van der Waals surface area contributed by atoms with Crippen molar-refractivity contribution in [2.45, 2.75) is 20.0 Å². The fourth-order valence-corrected chi connectivity index (χ4v) is 4.20. The van der Waals surface area contributed by atoms with Gasteiger partial charge in [-0.05, 0) is 36.8 Å². The highest BCUT2D eigenvalue weighted by molar-refractivity contribution is 6.08. The van der Waals surface area contributed by atoms with Gasteiger partial charge in [-0.1, -0.05) is 23.8 Å². The van der Waals surface area contributed by atoms with Gasteiger partial charge in [0.15, 0.2) is 0 Å². The van der Waals surface area contributed by atoms with Gasteiger partial charge in [0.2, 0.25) is 0 Å². The number of anilines is 3. The van der Waals surface area contributed by atoms with Crippen LogP contribution in [0.15, 0.2) is 86.1 Å². The van der Waals surface area contributed by atoms with Crippen LogP contribution in [0.4, 0.5) is 22.0 Å². The summed E-state index contributed by atoms with van der Waals surface area (Å²) in [6.45, 7) is 2.61. The molecule has 0 radical (unpaired) electrons. The summed E-state index contributed by atoms with van der Waals surface area (Å²) < 4.78 is 4.54. The van der Waals surface area contributed by atoms with Crippen molar-refractivity contribution in [2.75, 3.05) is 10.2 Å². The van der Waals surface area contributed by atoms with Gasteiger partial charge in [0.1, 0.15) is 18.5 Å².